The Balaban J connectivity index is 1.16. The van der Waals surface area contributed by atoms with Gasteiger partial charge in [0.25, 0.3) is 0 Å². The molecule has 47 heavy (non-hydrogen) atoms. The summed E-state index contributed by atoms with van der Waals surface area (Å²) >= 11 is 6.39. The lowest BCUT2D eigenvalue weighted by atomic mass is 9.84. The van der Waals surface area contributed by atoms with E-state index in [0.717, 1.165) is 78.7 Å². The molecule has 0 bridgehead atoms. The van der Waals surface area contributed by atoms with Crippen LogP contribution in [-0.2, 0) is 6.42 Å². The van der Waals surface area contributed by atoms with E-state index in [2.05, 4.69) is 69.4 Å². The maximum atomic E-state index is 13.9. The van der Waals surface area contributed by atoms with Crippen LogP contribution in [0.15, 0.2) is 97.5 Å². The van der Waals surface area contributed by atoms with E-state index in [0.29, 0.717) is 22.7 Å². The number of carbonyl (C=O) groups is 1. The Hall–Kier alpha value is -4.76. The maximum absolute atomic E-state index is 13.9. The second kappa shape index (κ2) is 13.9. The van der Waals surface area contributed by atoms with Gasteiger partial charge in [0.1, 0.15) is 6.33 Å². The van der Waals surface area contributed by atoms with Gasteiger partial charge >= 0.3 is 6.03 Å². The average Bonchev–Trinajstić information content (AvgIpc) is 3.63. The summed E-state index contributed by atoms with van der Waals surface area (Å²) in [5.41, 5.74) is 6.53. The Bertz CT molecular complexity index is 1820. The van der Waals surface area contributed by atoms with Crippen molar-refractivity contribution in [3.8, 4) is 16.8 Å². The van der Waals surface area contributed by atoms with Gasteiger partial charge in [0.2, 0.25) is 0 Å². The van der Waals surface area contributed by atoms with Crippen molar-refractivity contribution in [3.05, 3.63) is 130 Å². The molecule has 240 valence electrons. The number of benzene rings is 3. The predicted octanol–water partition coefficient (Wildman–Crippen LogP) is 6.82. The highest BCUT2D eigenvalue weighted by Crippen LogP contribution is 2.35. The first-order valence-electron chi connectivity index (χ1n) is 16.5. The molecular weight excluding hydrogens is 610 g/mol. The van der Waals surface area contributed by atoms with Crippen LogP contribution in [0.2, 0.25) is 5.02 Å². The van der Waals surface area contributed by atoms with Crippen LogP contribution in [0.5, 0.6) is 0 Å². The largest absolute Gasteiger partial charge is 0.618 e. The van der Waals surface area contributed by atoms with Crippen LogP contribution in [0.4, 0.5) is 4.79 Å². The summed E-state index contributed by atoms with van der Waals surface area (Å²) in [5, 5.41) is 29.2. The first-order chi connectivity index (χ1) is 23.0. The number of halogens is 1. The second-order valence-electron chi connectivity index (χ2n) is 12.7. The van der Waals surface area contributed by atoms with E-state index in [4.69, 9.17) is 11.6 Å². The summed E-state index contributed by atoms with van der Waals surface area (Å²) in [6.45, 7) is 1.51. The molecule has 2 aromatic heterocycles. The van der Waals surface area contributed by atoms with Crippen LogP contribution in [0, 0.1) is 5.21 Å². The highest BCUT2D eigenvalue weighted by atomic mass is 35.5. The minimum atomic E-state index is -0.117. The van der Waals surface area contributed by atoms with E-state index in [1.54, 1.807) is 16.9 Å². The minimum Gasteiger partial charge on any atom is -0.618 e. The third-order valence-corrected chi connectivity index (χ3v) is 9.97. The van der Waals surface area contributed by atoms with Gasteiger partial charge in [-0.2, -0.15) is 9.41 Å². The van der Waals surface area contributed by atoms with Crippen molar-refractivity contribution in [2.75, 3.05) is 13.1 Å². The van der Waals surface area contributed by atoms with Crippen LogP contribution in [0.3, 0.4) is 0 Å². The molecule has 1 saturated heterocycles. The molecule has 3 aromatic carbocycles. The molecule has 1 N–H and O–H groups in total. The molecule has 0 spiro atoms. The van der Waals surface area contributed by atoms with Gasteiger partial charge in [-0.25, -0.2) is 4.79 Å². The SMILES string of the molecule is O=C(NC1CCC1)N1CCC(c2cccc([C@H](CCc3ccccc3)c3ccc(-c4cc(Cl)ccc4-n4cnnn4)c[n+]3[O-])c2)CC1. The summed E-state index contributed by atoms with van der Waals surface area (Å²) in [4.78, 5) is 14.7. The zero-order valence-corrected chi connectivity index (χ0v) is 27.0. The van der Waals surface area contributed by atoms with Crippen molar-refractivity contribution in [1.29, 1.82) is 0 Å². The van der Waals surface area contributed by atoms with Crippen LogP contribution in [0.25, 0.3) is 16.8 Å². The predicted molar refractivity (Wildman–Crippen MR) is 181 cm³/mol. The lowest BCUT2D eigenvalue weighted by Crippen LogP contribution is -2.49. The smallest absolute Gasteiger partial charge is 0.317 e. The number of hydrogen-bond acceptors (Lipinski definition) is 5. The molecule has 1 aliphatic heterocycles. The van der Waals surface area contributed by atoms with E-state index < -0.39 is 0 Å². The Kier molecular flexibility index (Phi) is 9.15. The second-order valence-corrected chi connectivity index (χ2v) is 13.1. The minimum absolute atomic E-state index is 0.0779. The molecule has 2 amide bonds. The molecule has 1 aliphatic carbocycles. The fourth-order valence-electron chi connectivity index (χ4n) is 6.84. The van der Waals surface area contributed by atoms with Crippen LogP contribution >= 0.6 is 11.6 Å². The molecule has 2 fully saturated rings. The number of hydrogen-bond donors (Lipinski definition) is 1. The van der Waals surface area contributed by atoms with Gasteiger partial charge in [-0.15, -0.1) is 5.10 Å². The number of pyridine rings is 1. The maximum Gasteiger partial charge on any atom is 0.317 e. The molecule has 3 heterocycles. The van der Waals surface area contributed by atoms with Gasteiger partial charge < -0.3 is 15.4 Å². The summed E-state index contributed by atoms with van der Waals surface area (Å²) in [6, 6.07) is 28.9. The fourth-order valence-corrected chi connectivity index (χ4v) is 7.01. The van der Waals surface area contributed by atoms with Crippen LogP contribution in [-0.4, -0.2) is 50.3 Å². The van der Waals surface area contributed by atoms with Crippen molar-refractivity contribution < 1.29 is 9.52 Å². The molecule has 7 rings (SSSR count). The third kappa shape index (κ3) is 7.00. The molecule has 1 saturated carbocycles. The highest BCUT2D eigenvalue weighted by molar-refractivity contribution is 6.31. The zero-order valence-electron chi connectivity index (χ0n) is 26.2. The van der Waals surface area contributed by atoms with Gasteiger partial charge in [0, 0.05) is 41.3 Å². The number of rotatable bonds is 9. The number of nitrogens with one attached hydrogen (secondary N) is 1. The van der Waals surface area contributed by atoms with Crippen LogP contribution in [0.1, 0.15) is 72.7 Å². The van der Waals surface area contributed by atoms with Crippen molar-refractivity contribution in [3.63, 3.8) is 0 Å². The standard InChI is InChI=1S/C37H38ClN7O2/c38-31-14-17-35(44-25-39-41-42-44)34(23-31)30-13-16-36(45(47)24-30)33(15-12-26-6-2-1-3-7-26)29-9-4-8-28(22-29)27-18-20-43(21-19-27)37(46)40-32-10-5-11-32/h1-4,6-9,13-14,16-17,22-25,27,32-33H,5,10-12,15,18-21H2,(H,40,46)/t33-/m0/s1. The Morgan fingerprint density at radius 2 is 1.81 bits per heavy atom. The molecule has 0 radical (unpaired) electrons. The van der Waals surface area contributed by atoms with Crippen molar-refractivity contribution in [2.24, 2.45) is 0 Å². The summed E-state index contributed by atoms with van der Waals surface area (Å²) < 4.78 is 2.56. The Morgan fingerprint density at radius 3 is 2.53 bits per heavy atom. The van der Waals surface area contributed by atoms with E-state index >= 15 is 0 Å². The number of urea groups is 1. The first-order valence-corrected chi connectivity index (χ1v) is 16.9. The molecule has 0 unspecified atom stereocenters. The summed E-state index contributed by atoms with van der Waals surface area (Å²) in [6.07, 6.45) is 10.0. The summed E-state index contributed by atoms with van der Waals surface area (Å²) in [7, 11) is 0. The number of piperidine rings is 1. The monoisotopic (exact) mass is 647 g/mol. The number of carbonyl (C=O) groups excluding carboxylic acids is 1. The average molecular weight is 648 g/mol. The van der Waals surface area contributed by atoms with Crippen LogP contribution < -0.4 is 10.0 Å². The van der Waals surface area contributed by atoms with Gasteiger partial charge in [-0.1, -0.05) is 66.2 Å². The topological polar surface area (TPSA) is 103 Å². The number of tetrazole rings is 1. The van der Waals surface area contributed by atoms with Gasteiger partial charge in [-0.3, -0.25) is 0 Å². The number of aryl methyl sites for hydroxylation is 1. The van der Waals surface area contributed by atoms with Crippen molar-refractivity contribution in [1.82, 2.24) is 30.4 Å². The van der Waals surface area contributed by atoms with E-state index in [1.165, 1.54) is 23.9 Å². The molecule has 5 aromatic rings. The normalized spacial score (nSPS) is 16.1. The van der Waals surface area contributed by atoms with E-state index in [1.807, 2.05) is 35.2 Å². The van der Waals surface area contributed by atoms with Gasteiger partial charge in [-0.05, 0) is 102 Å². The number of likely N-dealkylation sites (tertiary alicyclic amines) is 1. The summed E-state index contributed by atoms with van der Waals surface area (Å²) in [5.74, 6) is 0.250. The molecular formula is C37H38ClN7O2. The molecule has 10 heteroatoms. The van der Waals surface area contributed by atoms with Gasteiger partial charge in [0.15, 0.2) is 11.9 Å². The Morgan fingerprint density at radius 1 is 0.979 bits per heavy atom. The van der Waals surface area contributed by atoms with Gasteiger partial charge in [0.05, 0.1) is 11.6 Å². The van der Waals surface area contributed by atoms with Crippen molar-refractivity contribution >= 4 is 17.6 Å². The quantitative estimate of drug-likeness (QED) is 0.140. The van der Waals surface area contributed by atoms with Crippen molar-refractivity contribution in [2.45, 2.75) is 62.8 Å². The fraction of sp³-hybridized carbons (Fsp3) is 0.324. The number of amides is 2. The van der Waals surface area contributed by atoms with E-state index in [9.17, 15) is 10.0 Å². The number of aromatic nitrogens is 5. The zero-order chi connectivity index (χ0) is 32.2. The Labute approximate surface area is 279 Å². The lowest BCUT2D eigenvalue weighted by Gasteiger charge is -2.35. The number of nitrogens with zero attached hydrogens (tertiary/aromatic N) is 6. The van der Waals surface area contributed by atoms with E-state index in [-0.39, 0.29) is 11.9 Å². The highest BCUT2D eigenvalue weighted by Gasteiger charge is 2.29. The molecule has 9 nitrogen and oxygen atoms in total. The molecule has 2 aliphatic rings. The third-order valence-electron chi connectivity index (χ3n) is 9.73. The molecule has 1 atom stereocenters. The first kappa shape index (κ1) is 30.9. The lowest BCUT2D eigenvalue weighted by molar-refractivity contribution is -0.614.